The number of benzene rings is 2. The molecule has 0 spiro atoms. The quantitative estimate of drug-likeness (QED) is 0.862. The second-order valence-corrected chi connectivity index (χ2v) is 6.62. The topological polar surface area (TPSA) is 38.3 Å². The number of carbonyl (C=O) groups is 1. The third kappa shape index (κ3) is 3.63. The second-order valence-electron chi connectivity index (χ2n) is 5.37. The van der Waals surface area contributed by atoms with E-state index >= 15 is 0 Å². The molecule has 0 saturated carbocycles. The zero-order chi connectivity index (χ0) is 15.4. The highest BCUT2D eigenvalue weighted by molar-refractivity contribution is 8.01. The molecular weight excluding hydrogens is 294 g/mol. The lowest BCUT2D eigenvalue weighted by atomic mass is 10.1. The van der Waals surface area contributed by atoms with Crippen molar-refractivity contribution < 1.29 is 9.53 Å². The van der Waals surface area contributed by atoms with E-state index in [2.05, 4.69) is 17.4 Å². The average molecular weight is 313 g/mol. The first-order valence-corrected chi connectivity index (χ1v) is 8.32. The van der Waals surface area contributed by atoms with Crippen molar-refractivity contribution in [3.63, 3.8) is 0 Å². The van der Waals surface area contributed by atoms with Crippen LogP contribution in [0.15, 0.2) is 53.4 Å². The number of amides is 1. The Morgan fingerprint density at radius 1 is 1.23 bits per heavy atom. The minimum atomic E-state index is -0.0169. The molecule has 1 N–H and O–H groups in total. The van der Waals surface area contributed by atoms with Crippen LogP contribution >= 0.6 is 11.8 Å². The van der Waals surface area contributed by atoms with Gasteiger partial charge in [-0.1, -0.05) is 35.9 Å². The molecule has 2 aromatic carbocycles. The summed E-state index contributed by atoms with van der Waals surface area (Å²) in [6.45, 7) is 3.06. The van der Waals surface area contributed by atoms with Gasteiger partial charge in [0.05, 0.1) is 11.8 Å². The van der Waals surface area contributed by atoms with Crippen LogP contribution in [0.4, 0.5) is 0 Å². The first kappa shape index (κ1) is 15.0. The summed E-state index contributed by atoms with van der Waals surface area (Å²) in [7, 11) is 0. The zero-order valence-electron chi connectivity index (χ0n) is 12.5. The van der Waals surface area contributed by atoms with Crippen LogP contribution in [0.3, 0.4) is 0 Å². The Balaban J connectivity index is 1.41. The van der Waals surface area contributed by atoms with E-state index in [9.17, 15) is 4.79 Å². The van der Waals surface area contributed by atoms with Crippen LogP contribution in [0.25, 0.3) is 0 Å². The van der Waals surface area contributed by atoms with Crippen molar-refractivity contribution in [3.8, 4) is 5.75 Å². The molecule has 1 atom stereocenters. The average Bonchev–Trinajstić information content (AvgIpc) is 2.97. The second kappa shape index (κ2) is 6.88. The van der Waals surface area contributed by atoms with E-state index in [0.29, 0.717) is 13.2 Å². The maximum Gasteiger partial charge on any atom is 0.233 e. The molecule has 1 heterocycles. The van der Waals surface area contributed by atoms with Crippen molar-refractivity contribution in [1.82, 2.24) is 5.32 Å². The van der Waals surface area contributed by atoms with Gasteiger partial charge in [-0.05, 0) is 37.1 Å². The fourth-order valence-electron chi connectivity index (χ4n) is 2.42. The van der Waals surface area contributed by atoms with Crippen LogP contribution in [0.2, 0.25) is 0 Å². The molecule has 3 nitrogen and oxygen atoms in total. The summed E-state index contributed by atoms with van der Waals surface area (Å²) in [5, 5.41) is 2.94. The molecule has 2 aromatic rings. The van der Waals surface area contributed by atoms with Gasteiger partial charge in [0.1, 0.15) is 12.4 Å². The summed E-state index contributed by atoms with van der Waals surface area (Å²) < 4.78 is 5.61. The van der Waals surface area contributed by atoms with Gasteiger partial charge < -0.3 is 10.1 Å². The fraction of sp³-hybridized carbons (Fsp3) is 0.278. The molecule has 22 heavy (non-hydrogen) atoms. The van der Waals surface area contributed by atoms with Crippen molar-refractivity contribution in [3.05, 3.63) is 59.7 Å². The molecule has 0 fully saturated rings. The Bertz CT molecular complexity index is 629. The molecule has 1 aliphatic heterocycles. The molecule has 0 saturated heterocycles. The monoisotopic (exact) mass is 313 g/mol. The van der Waals surface area contributed by atoms with E-state index in [1.807, 2.05) is 43.3 Å². The number of nitrogens with one attached hydrogen (secondary N) is 1. The van der Waals surface area contributed by atoms with Gasteiger partial charge in [0.2, 0.25) is 5.91 Å². The molecule has 114 valence electrons. The number of ether oxygens (including phenoxy) is 1. The first-order chi connectivity index (χ1) is 10.7. The third-order valence-corrected chi connectivity index (χ3v) is 4.95. The predicted molar refractivity (Wildman–Crippen MR) is 89.5 cm³/mol. The summed E-state index contributed by atoms with van der Waals surface area (Å²) in [6.07, 6.45) is 0.811. The Morgan fingerprint density at radius 3 is 2.77 bits per heavy atom. The fourth-order valence-corrected chi connectivity index (χ4v) is 3.64. The van der Waals surface area contributed by atoms with Crippen molar-refractivity contribution in [2.24, 2.45) is 0 Å². The number of rotatable bonds is 5. The Kier molecular flexibility index (Phi) is 4.68. The number of hydrogen-bond donors (Lipinski definition) is 1. The van der Waals surface area contributed by atoms with Crippen molar-refractivity contribution in [2.75, 3.05) is 13.2 Å². The van der Waals surface area contributed by atoms with E-state index in [4.69, 9.17) is 4.74 Å². The molecular formula is C18H19NO2S. The van der Waals surface area contributed by atoms with Crippen LogP contribution in [-0.2, 0) is 11.2 Å². The standard InChI is InChI=1S/C18H19NO2S/c1-13-6-8-15(9-7-13)21-11-10-19-18(20)17-12-14-4-2-3-5-16(14)22-17/h2-9,17H,10-12H2,1H3,(H,19,20). The van der Waals surface area contributed by atoms with Gasteiger partial charge in [0, 0.05) is 4.90 Å². The molecule has 0 aliphatic carbocycles. The van der Waals surface area contributed by atoms with Gasteiger partial charge in [-0.15, -0.1) is 11.8 Å². The number of fused-ring (bicyclic) bond motifs is 1. The van der Waals surface area contributed by atoms with Gasteiger partial charge in [0.25, 0.3) is 0 Å². The third-order valence-electron chi connectivity index (χ3n) is 3.63. The van der Waals surface area contributed by atoms with Crippen LogP contribution in [-0.4, -0.2) is 24.3 Å². The van der Waals surface area contributed by atoms with Crippen molar-refractivity contribution >= 4 is 17.7 Å². The highest BCUT2D eigenvalue weighted by Crippen LogP contribution is 2.36. The van der Waals surface area contributed by atoms with E-state index in [1.165, 1.54) is 16.0 Å². The Morgan fingerprint density at radius 2 is 2.00 bits per heavy atom. The highest BCUT2D eigenvalue weighted by Gasteiger charge is 2.27. The van der Waals surface area contributed by atoms with Crippen LogP contribution in [0.1, 0.15) is 11.1 Å². The number of thioether (sulfide) groups is 1. The molecule has 1 amide bonds. The van der Waals surface area contributed by atoms with Gasteiger partial charge >= 0.3 is 0 Å². The van der Waals surface area contributed by atoms with E-state index in [1.54, 1.807) is 11.8 Å². The smallest absolute Gasteiger partial charge is 0.233 e. The maximum absolute atomic E-state index is 12.2. The summed E-state index contributed by atoms with van der Waals surface area (Å²) in [4.78, 5) is 13.4. The largest absolute Gasteiger partial charge is 0.492 e. The predicted octanol–water partition coefficient (Wildman–Crippen LogP) is 3.21. The molecule has 1 unspecified atom stereocenters. The summed E-state index contributed by atoms with van der Waals surface area (Å²) in [6, 6.07) is 16.1. The van der Waals surface area contributed by atoms with Crippen molar-refractivity contribution in [2.45, 2.75) is 23.5 Å². The lowest BCUT2D eigenvalue weighted by Gasteiger charge is -2.11. The number of carbonyl (C=O) groups excluding carboxylic acids is 1. The van der Waals surface area contributed by atoms with Gasteiger partial charge in [-0.25, -0.2) is 0 Å². The molecule has 1 aliphatic rings. The maximum atomic E-state index is 12.2. The van der Waals surface area contributed by atoms with E-state index in [-0.39, 0.29) is 11.2 Å². The first-order valence-electron chi connectivity index (χ1n) is 7.44. The minimum absolute atomic E-state index is 0.0169. The highest BCUT2D eigenvalue weighted by atomic mass is 32.2. The lowest BCUT2D eigenvalue weighted by Crippen LogP contribution is -2.35. The molecule has 0 radical (unpaired) electrons. The molecule has 0 aromatic heterocycles. The summed E-state index contributed by atoms with van der Waals surface area (Å²) in [5.74, 6) is 0.927. The van der Waals surface area contributed by atoms with Crippen LogP contribution in [0, 0.1) is 6.92 Å². The Labute approximate surface area is 135 Å². The van der Waals surface area contributed by atoms with Crippen LogP contribution in [0.5, 0.6) is 5.75 Å². The molecule has 3 rings (SSSR count). The number of hydrogen-bond acceptors (Lipinski definition) is 3. The van der Waals surface area contributed by atoms with E-state index in [0.717, 1.165) is 12.2 Å². The van der Waals surface area contributed by atoms with E-state index < -0.39 is 0 Å². The SMILES string of the molecule is Cc1ccc(OCCNC(=O)C2Cc3ccccc3S2)cc1. The molecule has 0 bridgehead atoms. The minimum Gasteiger partial charge on any atom is -0.492 e. The van der Waals surface area contributed by atoms with Gasteiger partial charge in [-0.3, -0.25) is 4.79 Å². The van der Waals surface area contributed by atoms with Gasteiger partial charge in [-0.2, -0.15) is 0 Å². The van der Waals surface area contributed by atoms with Gasteiger partial charge in [0.15, 0.2) is 0 Å². The molecule has 4 heteroatoms. The normalized spacial score (nSPS) is 16.1. The zero-order valence-corrected chi connectivity index (χ0v) is 13.4. The van der Waals surface area contributed by atoms with Crippen LogP contribution < -0.4 is 10.1 Å². The number of aryl methyl sites for hydroxylation is 1. The summed E-state index contributed by atoms with van der Waals surface area (Å²) in [5.41, 5.74) is 2.47. The lowest BCUT2D eigenvalue weighted by molar-refractivity contribution is -0.120. The Hall–Kier alpha value is -1.94. The van der Waals surface area contributed by atoms with Crippen molar-refractivity contribution in [1.29, 1.82) is 0 Å². The summed E-state index contributed by atoms with van der Waals surface area (Å²) >= 11 is 1.65.